The van der Waals surface area contributed by atoms with Gasteiger partial charge < -0.3 is 40.2 Å². The van der Waals surface area contributed by atoms with Crippen LogP contribution in [0, 0.1) is 0 Å². The zero-order chi connectivity index (χ0) is 38.2. The molecule has 4 amide bonds. The third-order valence-electron chi connectivity index (χ3n) is 7.04. The Kier molecular flexibility index (Phi) is 17.1. The molecule has 0 saturated heterocycles. The Morgan fingerprint density at radius 2 is 0.673 bits per heavy atom. The van der Waals surface area contributed by atoms with Crippen molar-refractivity contribution < 1.29 is 57.3 Å². The van der Waals surface area contributed by atoms with Gasteiger partial charge in [-0.15, -0.1) is 0 Å². The molecule has 3 rings (SSSR count). The standard InChI is InChI=1S/C32H36N4O12S4/c1-45-29(41)21-13-49-50-14-22(30(42)46-2)34-27(39)19-9-6-10-20(12-19)28(40)36-24(32(44)48-4)16-52-51-15-23(31(43)47-3)35-26(38)18-8-5-7-17(11-18)25(37)33-21/h5-12,21-24H,13-16H2,1-4H3,(H,33,37)(H,34,39)(H,35,38)(H,36,40)/t21-,22?,23?,24-/m0/s1. The summed E-state index contributed by atoms with van der Waals surface area (Å²) in [7, 11) is 9.04. The summed E-state index contributed by atoms with van der Waals surface area (Å²) in [6.07, 6.45) is 0. The Balaban J connectivity index is 1.93. The first-order valence-electron chi connectivity index (χ1n) is 15.2. The number of amides is 4. The first-order chi connectivity index (χ1) is 24.9. The minimum absolute atomic E-state index is 0.00862. The van der Waals surface area contributed by atoms with Crippen molar-refractivity contribution in [2.45, 2.75) is 24.2 Å². The van der Waals surface area contributed by atoms with Crippen LogP contribution in [0.25, 0.3) is 0 Å². The van der Waals surface area contributed by atoms with Crippen LogP contribution in [0.4, 0.5) is 0 Å². The van der Waals surface area contributed by atoms with Gasteiger partial charge in [-0.25, -0.2) is 19.2 Å². The highest BCUT2D eigenvalue weighted by Crippen LogP contribution is 2.25. The second-order valence-corrected chi connectivity index (χ2v) is 15.6. The van der Waals surface area contributed by atoms with Crippen LogP contribution < -0.4 is 21.3 Å². The van der Waals surface area contributed by atoms with E-state index in [-0.39, 0.29) is 45.3 Å². The minimum Gasteiger partial charge on any atom is -0.467 e. The van der Waals surface area contributed by atoms with Gasteiger partial charge in [0.2, 0.25) is 0 Å². The molecular weight excluding hydrogens is 761 g/mol. The molecule has 1 aliphatic rings. The van der Waals surface area contributed by atoms with E-state index in [1.54, 1.807) is 0 Å². The van der Waals surface area contributed by atoms with Crippen molar-refractivity contribution in [3.8, 4) is 0 Å². The van der Waals surface area contributed by atoms with Gasteiger partial charge in [0, 0.05) is 45.3 Å². The van der Waals surface area contributed by atoms with Gasteiger partial charge in [0.15, 0.2) is 0 Å². The maximum atomic E-state index is 13.2. The zero-order valence-electron chi connectivity index (χ0n) is 28.3. The van der Waals surface area contributed by atoms with Crippen LogP contribution in [0.3, 0.4) is 0 Å². The van der Waals surface area contributed by atoms with Gasteiger partial charge in [-0.2, -0.15) is 0 Å². The lowest BCUT2D eigenvalue weighted by atomic mass is 10.1. The number of esters is 4. The number of hydrogen-bond acceptors (Lipinski definition) is 16. The third kappa shape index (κ3) is 12.4. The fourth-order valence-electron chi connectivity index (χ4n) is 4.28. The lowest BCUT2D eigenvalue weighted by Crippen LogP contribution is -2.45. The summed E-state index contributed by atoms with van der Waals surface area (Å²) in [5, 5.41) is 10.3. The number of hydrogen-bond donors (Lipinski definition) is 4. The van der Waals surface area contributed by atoms with Crippen LogP contribution in [0.2, 0.25) is 0 Å². The summed E-state index contributed by atoms with van der Waals surface area (Å²) in [4.78, 5) is 103. The molecule has 1 heterocycles. The van der Waals surface area contributed by atoms with Crippen molar-refractivity contribution in [3.63, 3.8) is 0 Å². The summed E-state index contributed by atoms with van der Waals surface area (Å²) in [5.41, 5.74) is 0.143. The van der Waals surface area contributed by atoms with Gasteiger partial charge in [0.1, 0.15) is 24.2 Å². The van der Waals surface area contributed by atoms with Crippen LogP contribution in [0.15, 0.2) is 48.5 Å². The van der Waals surface area contributed by atoms with E-state index in [1.165, 1.54) is 48.5 Å². The van der Waals surface area contributed by atoms with Crippen molar-refractivity contribution in [3.05, 3.63) is 70.8 Å². The number of benzene rings is 2. The molecule has 0 saturated carbocycles. The molecule has 0 aliphatic carbocycles. The van der Waals surface area contributed by atoms with Gasteiger partial charge in [-0.3, -0.25) is 19.2 Å². The van der Waals surface area contributed by atoms with E-state index in [2.05, 4.69) is 21.3 Å². The average Bonchev–Trinajstić information content (AvgIpc) is 3.17. The topological polar surface area (TPSA) is 222 Å². The number of carbonyl (C=O) groups excluding carboxylic acids is 8. The number of fused-ring (bicyclic) bond motifs is 4. The monoisotopic (exact) mass is 796 g/mol. The second kappa shape index (κ2) is 21.2. The molecule has 4 N–H and O–H groups in total. The molecule has 0 radical (unpaired) electrons. The maximum Gasteiger partial charge on any atom is 0.329 e. The highest BCUT2D eigenvalue weighted by atomic mass is 33.1. The molecule has 4 atom stereocenters. The molecule has 2 aromatic carbocycles. The Bertz CT molecular complexity index is 1430. The minimum atomic E-state index is -1.14. The predicted octanol–water partition coefficient (Wildman–Crippen LogP) is 1.25. The maximum absolute atomic E-state index is 13.2. The number of carbonyl (C=O) groups is 8. The lowest BCUT2D eigenvalue weighted by Gasteiger charge is -2.19. The average molecular weight is 797 g/mol. The van der Waals surface area contributed by atoms with Crippen molar-refractivity contribution in [1.29, 1.82) is 0 Å². The highest BCUT2D eigenvalue weighted by Gasteiger charge is 2.28. The Labute approximate surface area is 314 Å². The Morgan fingerprint density at radius 3 is 0.865 bits per heavy atom. The van der Waals surface area contributed by atoms with Gasteiger partial charge in [-0.1, -0.05) is 55.3 Å². The summed E-state index contributed by atoms with van der Waals surface area (Å²) in [5.74, 6) is -5.80. The number of nitrogens with one attached hydrogen (secondary N) is 4. The van der Waals surface area contributed by atoms with Crippen molar-refractivity contribution >= 4 is 90.7 Å². The van der Waals surface area contributed by atoms with Gasteiger partial charge >= 0.3 is 23.9 Å². The summed E-state index contributed by atoms with van der Waals surface area (Å²) in [6.45, 7) is 0. The molecule has 280 valence electrons. The smallest absolute Gasteiger partial charge is 0.329 e. The van der Waals surface area contributed by atoms with E-state index in [4.69, 9.17) is 18.9 Å². The van der Waals surface area contributed by atoms with E-state index in [1.807, 2.05) is 0 Å². The molecule has 4 bridgehead atoms. The SMILES string of the molecule is COC(=O)C1CSSC[C@@H](C(=O)OC)NC(=O)c2cccc(c2)C(=O)NC(C(=O)OC)CSSC[C@@H](C(=O)OC)NC(=O)c2cccc(c2)C(=O)N1. The number of ether oxygens (including phenoxy) is 4. The summed E-state index contributed by atoms with van der Waals surface area (Å²) >= 11 is 0. The van der Waals surface area contributed by atoms with Crippen molar-refractivity contribution in [2.75, 3.05) is 51.5 Å². The molecule has 0 spiro atoms. The lowest BCUT2D eigenvalue weighted by molar-refractivity contribution is -0.143. The molecule has 0 fully saturated rings. The molecular formula is C32H36N4O12S4. The predicted molar refractivity (Wildman–Crippen MR) is 196 cm³/mol. The molecule has 52 heavy (non-hydrogen) atoms. The van der Waals surface area contributed by atoms with E-state index in [0.29, 0.717) is 0 Å². The van der Waals surface area contributed by atoms with E-state index < -0.39 is 71.7 Å². The fraction of sp³-hybridized carbons (Fsp3) is 0.375. The van der Waals surface area contributed by atoms with Crippen LogP contribution in [0.1, 0.15) is 41.4 Å². The quantitative estimate of drug-likeness (QED) is 0.194. The third-order valence-corrected chi connectivity index (χ3v) is 11.9. The molecule has 1 aliphatic heterocycles. The van der Waals surface area contributed by atoms with Crippen LogP contribution >= 0.6 is 43.2 Å². The second-order valence-electron chi connectivity index (χ2n) is 10.5. The van der Waals surface area contributed by atoms with Gasteiger partial charge in [-0.05, 0) is 36.4 Å². The van der Waals surface area contributed by atoms with Gasteiger partial charge in [0.25, 0.3) is 23.6 Å². The number of rotatable bonds is 4. The van der Waals surface area contributed by atoms with E-state index in [9.17, 15) is 38.4 Å². The molecule has 2 aromatic rings. The van der Waals surface area contributed by atoms with Gasteiger partial charge in [0.05, 0.1) is 28.4 Å². The highest BCUT2D eigenvalue weighted by molar-refractivity contribution is 8.77. The fourth-order valence-corrected chi connectivity index (χ4v) is 8.87. The van der Waals surface area contributed by atoms with Crippen molar-refractivity contribution in [2.24, 2.45) is 0 Å². The molecule has 20 heteroatoms. The van der Waals surface area contributed by atoms with Crippen LogP contribution in [-0.2, 0) is 38.1 Å². The Morgan fingerprint density at radius 1 is 0.462 bits per heavy atom. The first kappa shape index (κ1) is 42.0. The normalized spacial score (nSPS) is 21.2. The summed E-state index contributed by atoms with van der Waals surface area (Å²) in [6, 6.07) is 6.63. The molecule has 0 aromatic heterocycles. The van der Waals surface area contributed by atoms with Crippen LogP contribution in [-0.4, -0.2) is 123 Å². The largest absolute Gasteiger partial charge is 0.467 e. The Hall–Kier alpha value is -4.40. The summed E-state index contributed by atoms with van der Waals surface area (Å²) < 4.78 is 19.4. The van der Waals surface area contributed by atoms with E-state index in [0.717, 1.165) is 71.6 Å². The van der Waals surface area contributed by atoms with Crippen LogP contribution in [0.5, 0.6) is 0 Å². The first-order valence-corrected chi connectivity index (χ1v) is 20.1. The van der Waals surface area contributed by atoms with E-state index >= 15 is 0 Å². The number of methoxy groups -OCH3 is 4. The molecule has 16 nitrogen and oxygen atoms in total. The molecule has 2 unspecified atom stereocenters. The van der Waals surface area contributed by atoms with Crippen molar-refractivity contribution in [1.82, 2.24) is 21.3 Å². The zero-order valence-corrected chi connectivity index (χ0v) is 31.6.